The van der Waals surface area contributed by atoms with E-state index in [1.54, 1.807) is 30.3 Å². The highest BCUT2D eigenvalue weighted by Gasteiger charge is 2.10. The minimum Gasteiger partial charge on any atom is -0.424 e. The van der Waals surface area contributed by atoms with Crippen molar-refractivity contribution in [3.63, 3.8) is 0 Å². The van der Waals surface area contributed by atoms with E-state index in [0.29, 0.717) is 17.6 Å². The maximum atomic E-state index is 5.75. The van der Waals surface area contributed by atoms with Gasteiger partial charge in [0.2, 0.25) is 11.9 Å². The van der Waals surface area contributed by atoms with Crippen molar-refractivity contribution in [3.8, 4) is 17.7 Å². The molecule has 2 heterocycles. The molecule has 3 aromatic rings. The third-order valence-corrected chi connectivity index (χ3v) is 2.86. The number of imidazole rings is 1. The van der Waals surface area contributed by atoms with Crippen molar-refractivity contribution in [1.82, 2.24) is 24.5 Å². The van der Waals surface area contributed by atoms with Crippen molar-refractivity contribution in [2.45, 2.75) is 6.92 Å². The third kappa shape index (κ3) is 2.81. The molecule has 1 N–H and O–H groups in total. The molecular weight excluding hydrogens is 268 g/mol. The average molecular weight is 282 g/mol. The van der Waals surface area contributed by atoms with E-state index in [2.05, 4.69) is 25.3 Å². The molecule has 0 aliphatic carbocycles. The number of nitrogens with zero attached hydrogens (tertiary/aromatic N) is 5. The molecule has 7 nitrogen and oxygen atoms in total. The molecule has 0 radical (unpaired) electrons. The molecule has 0 spiro atoms. The van der Waals surface area contributed by atoms with E-state index in [1.165, 1.54) is 0 Å². The van der Waals surface area contributed by atoms with Crippen LogP contribution in [0.5, 0.6) is 11.8 Å². The molecule has 0 saturated carbocycles. The second-order valence-corrected chi connectivity index (χ2v) is 4.33. The van der Waals surface area contributed by atoms with Gasteiger partial charge in [0.25, 0.3) is 0 Å². The van der Waals surface area contributed by atoms with Crippen molar-refractivity contribution in [2.24, 2.45) is 0 Å². The number of hydrogen-bond donors (Lipinski definition) is 1. The van der Waals surface area contributed by atoms with Gasteiger partial charge in [-0.1, -0.05) is 18.2 Å². The lowest BCUT2D eigenvalue weighted by atomic mass is 10.2. The van der Waals surface area contributed by atoms with Crippen LogP contribution >= 0.6 is 0 Å². The van der Waals surface area contributed by atoms with Crippen molar-refractivity contribution in [2.75, 3.05) is 12.4 Å². The van der Waals surface area contributed by atoms with Gasteiger partial charge in [0, 0.05) is 19.4 Å². The standard InChI is InChI=1S/C14H14N6O/c1-10-5-3-4-6-11(10)21-14-18-12(15-2)17-13(19-14)20-8-7-16-9-20/h3-9H,1-2H3,(H,15,17,18,19). The number of aryl methyl sites for hydroxylation is 1. The van der Waals surface area contributed by atoms with Gasteiger partial charge in [0.05, 0.1) is 0 Å². The normalized spacial score (nSPS) is 10.4. The van der Waals surface area contributed by atoms with E-state index in [-0.39, 0.29) is 6.01 Å². The topological polar surface area (TPSA) is 77.8 Å². The smallest absolute Gasteiger partial charge is 0.328 e. The van der Waals surface area contributed by atoms with Crippen molar-refractivity contribution < 1.29 is 4.74 Å². The molecule has 0 aliphatic heterocycles. The Bertz CT molecular complexity index is 741. The number of nitrogens with one attached hydrogen (secondary N) is 1. The van der Waals surface area contributed by atoms with Crippen LogP contribution < -0.4 is 10.1 Å². The molecule has 21 heavy (non-hydrogen) atoms. The maximum Gasteiger partial charge on any atom is 0.328 e. The molecule has 0 bridgehead atoms. The molecule has 0 atom stereocenters. The Morgan fingerprint density at radius 2 is 2.00 bits per heavy atom. The van der Waals surface area contributed by atoms with Gasteiger partial charge in [-0.3, -0.25) is 4.57 Å². The highest BCUT2D eigenvalue weighted by atomic mass is 16.5. The molecule has 2 aromatic heterocycles. The van der Waals surface area contributed by atoms with Gasteiger partial charge in [0.1, 0.15) is 12.1 Å². The first-order chi connectivity index (χ1) is 10.3. The summed E-state index contributed by atoms with van der Waals surface area (Å²) in [5, 5.41) is 2.89. The van der Waals surface area contributed by atoms with Crippen molar-refractivity contribution in [1.29, 1.82) is 0 Å². The van der Waals surface area contributed by atoms with Gasteiger partial charge in [-0.15, -0.1) is 0 Å². The summed E-state index contributed by atoms with van der Waals surface area (Å²) in [5.41, 5.74) is 1.01. The highest BCUT2D eigenvalue weighted by Crippen LogP contribution is 2.22. The molecular formula is C14H14N6O. The molecule has 106 valence electrons. The molecule has 3 rings (SSSR count). The van der Waals surface area contributed by atoms with Gasteiger partial charge in [-0.2, -0.15) is 15.0 Å². The summed E-state index contributed by atoms with van der Waals surface area (Å²) in [6.45, 7) is 1.96. The fourth-order valence-corrected chi connectivity index (χ4v) is 1.77. The van der Waals surface area contributed by atoms with E-state index in [4.69, 9.17) is 4.74 Å². The summed E-state index contributed by atoms with van der Waals surface area (Å²) < 4.78 is 7.44. The van der Waals surface area contributed by atoms with Gasteiger partial charge >= 0.3 is 6.01 Å². The van der Waals surface area contributed by atoms with Crippen LogP contribution in [0.25, 0.3) is 5.95 Å². The number of hydrogen-bond acceptors (Lipinski definition) is 6. The van der Waals surface area contributed by atoms with E-state index < -0.39 is 0 Å². The average Bonchev–Trinajstić information content (AvgIpc) is 3.04. The largest absolute Gasteiger partial charge is 0.424 e. The van der Waals surface area contributed by atoms with Gasteiger partial charge in [-0.05, 0) is 18.6 Å². The first kappa shape index (κ1) is 13.0. The second kappa shape index (κ2) is 5.58. The lowest BCUT2D eigenvalue weighted by Crippen LogP contribution is -2.07. The zero-order valence-electron chi connectivity index (χ0n) is 11.7. The lowest BCUT2D eigenvalue weighted by Gasteiger charge is -2.09. The van der Waals surface area contributed by atoms with Crippen LogP contribution in [0.4, 0.5) is 5.95 Å². The van der Waals surface area contributed by atoms with Crippen molar-refractivity contribution in [3.05, 3.63) is 48.5 Å². The molecule has 7 heteroatoms. The van der Waals surface area contributed by atoms with E-state index in [1.807, 2.05) is 31.2 Å². The predicted octanol–water partition coefficient (Wildman–Crippen LogP) is 2.20. The quantitative estimate of drug-likeness (QED) is 0.790. The minimum atomic E-state index is 0.229. The SMILES string of the molecule is CNc1nc(Oc2ccccc2C)nc(-n2ccnc2)n1. The Morgan fingerprint density at radius 1 is 1.14 bits per heavy atom. The van der Waals surface area contributed by atoms with E-state index >= 15 is 0 Å². The number of benzene rings is 1. The Balaban J connectivity index is 1.99. The van der Waals surface area contributed by atoms with Crippen LogP contribution in [0, 0.1) is 6.92 Å². The maximum absolute atomic E-state index is 5.75. The minimum absolute atomic E-state index is 0.229. The van der Waals surface area contributed by atoms with Crippen LogP contribution in [0.15, 0.2) is 43.0 Å². The van der Waals surface area contributed by atoms with Gasteiger partial charge in [0.15, 0.2) is 0 Å². The molecule has 0 fully saturated rings. The Kier molecular flexibility index (Phi) is 3.46. The number of aromatic nitrogens is 5. The summed E-state index contributed by atoms with van der Waals surface area (Å²) in [7, 11) is 1.74. The lowest BCUT2D eigenvalue weighted by molar-refractivity contribution is 0.436. The Morgan fingerprint density at radius 3 is 2.71 bits per heavy atom. The zero-order valence-corrected chi connectivity index (χ0v) is 11.7. The number of ether oxygens (including phenoxy) is 1. The van der Waals surface area contributed by atoms with Gasteiger partial charge < -0.3 is 10.1 Å². The van der Waals surface area contributed by atoms with Crippen LogP contribution in [0.3, 0.4) is 0 Å². The summed E-state index contributed by atoms with van der Waals surface area (Å²) in [5.74, 6) is 1.58. The summed E-state index contributed by atoms with van der Waals surface area (Å²) in [4.78, 5) is 16.8. The van der Waals surface area contributed by atoms with Crippen LogP contribution in [-0.2, 0) is 0 Å². The number of anilines is 1. The highest BCUT2D eigenvalue weighted by molar-refractivity contribution is 5.36. The summed E-state index contributed by atoms with van der Waals surface area (Å²) in [6.07, 6.45) is 5.03. The molecule has 0 unspecified atom stereocenters. The molecule has 0 aliphatic rings. The van der Waals surface area contributed by atoms with Crippen LogP contribution in [-0.4, -0.2) is 31.6 Å². The molecule has 0 amide bonds. The first-order valence-corrected chi connectivity index (χ1v) is 6.42. The zero-order chi connectivity index (χ0) is 14.7. The van der Waals surface area contributed by atoms with Crippen LogP contribution in [0.1, 0.15) is 5.56 Å². The Hall–Kier alpha value is -2.96. The first-order valence-electron chi connectivity index (χ1n) is 6.42. The van der Waals surface area contributed by atoms with E-state index in [9.17, 15) is 0 Å². The Labute approximate surface area is 121 Å². The van der Waals surface area contributed by atoms with E-state index in [0.717, 1.165) is 5.56 Å². The molecule has 1 aromatic carbocycles. The molecule has 0 saturated heterocycles. The predicted molar refractivity (Wildman–Crippen MR) is 77.7 cm³/mol. The monoisotopic (exact) mass is 282 g/mol. The van der Waals surface area contributed by atoms with Crippen molar-refractivity contribution >= 4 is 5.95 Å². The van der Waals surface area contributed by atoms with Gasteiger partial charge in [-0.25, -0.2) is 4.98 Å². The third-order valence-electron chi connectivity index (χ3n) is 2.86. The van der Waals surface area contributed by atoms with Crippen LogP contribution in [0.2, 0.25) is 0 Å². The fourth-order valence-electron chi connectivity index (χ4n) is 1.77. The number of para-hydroxylation sites is 1. The summed E-state index contributed by atoms with van der Waals surface area (Å²) >= 11 is 0. The fraction of sp³-hybridized carbons (Fsp3) is 0.143. The number of rotatable bonds is 4. The second-order valence-electron chi connectivity index (χ2n) is 4.33. The summed E-state index contributed by atoms with van der Waals surface area (Å²) in [6, 6.07) is 7.92.